The average Bonchev–Trinajstić information content (AvgIpc) is 1.59. The van der Waals surface area contributed by atoms with E-state index in [0.717, 1.165) is 5.06 Å². The predicted octanol–water partition coefficient (Wildman–Crippen LogP) is 1.37. The molecule has 0 aromatic heterocycles. The highest BCUT2D eigenvalue weighted by Crippen LogP contribution is 2.14. The molecule has 1 aliphatic heterocycles. The van der Waals surface area contributed by atoms with Crippen LogP contribution in [0.15, 0.2) is 22.5 Å². The number of nitrogens with zero attached hydrogens (tertiary/aromatic N) is 1. The van der Waals surface area contributed by atoms with Crippen molar-refractivity contribution in [1.29, 1.82) is 0 Å². The SMILES string of the molecule is OC1=CC(Br)=CN(O)C1. The normalized spacial score (nSPS) is 19.1. The van der Waals surface area contributed by atoms with E-state index in [-0.39, 0.29) is 12.3 Å². The van der Waals surface area contributed by atoms with Crippen LogP contribution >= 0.6 is 15.9 Å². The summed E-state index contributed by atoms with van der Waals surface area (Å²) in [5.74, 6) is 0.145. The first kappa shape index (κ1) is 6.64. The Balaban J connectivity index is 2.74. The summed E-state index contributed by atoms with van der Waals surface area (Å²) in [6, 6.07) is 0. The molecule has 0 bridgehead atoms. The zero-order chi connectivity index (χ0) is 6.85. The molecule has 0 aliphatic carbocycles. The van der Waals surface area contributed by atoms with Gasteiger partial charge in [0.2, 0.25) is 0 Å². The van der Waals surface area contributed by atoms with Crippen LogP contribution < -0.4 is 0 Å². The van der Waals surface area contributed by atoms with Gasteiger partial charge in [-0.25, -0.2) is 0 Å². The topological polar surface area (TPSA) is 43.7 Å². The molecule has 0 spiro atoms. The van der Waals surface area contributed by atoms with E-state index in [4.69, 9.17) is 10.3 Å². The number of allylic oxidation sites excluding steroid dienone is 2. The molecule has 1 rings (SSSR count). The Labute approximate surface area is 61.0 Å². The van der Waals surface area contributed by atoms with Crippen LogP contribution in [0.3, 0.4) is 0 Å². The van der Waals surface area contributed by atoms with Crippen molar-refractivity contribution >= 4 is 15.9 Å². The fourth-order valence-corrected chi connectivity index (χ4v) is 1.10. The zero-order valence-electron chi connectivity index (χ0n) is 4.58. The maximum atomic E-state index is 8.84. The van der Waals surface area contributed by atoms with Crippen molar-refractivity contribution in [2.75, 3.05) is 6.54 Å². The van der Waals surface area contributed by atoms with E-state index in [1.165, 1.54) is 12.3 Å². The number of halogens is 1. The van der Waals surface area contributed by atoms with Crippen molar-refractivity contribution in [2.24, 2.45) is 0 Å². The van der Waals surface area contributed by atoms with Gasteiger partial charge in [-0.2, -0.15) is 0 Å². The molecule has 1 heterocycles. The highest BCUT2D eigenvalue weighted by atomic mass is 79.9. The van der Waals surface area contributed by atoms with Crippen molar-refractivity contribution in [3.63, 3.8) is 0 Å². The van der Waals surface area contributed by atoms with Crippen molar-refractivity contribution < 1.29 is 10.3 Å². The molecule has 0 saturated heterocycles. The van der Waals surface area contributed by atoms with Crippen LogP contribution in [0.5, 0.6) is 0 Å². The van der Waals surface area contributed by atoms with Crippen molar-refractivity contribution in [1.82, 2.24) is 5.06 Å². The molecule has 0 atom stereocenters. The highest BCUT2D eigenvalue weighted by Gasteiger charge is 2.05. The van der Waals surface area contributed by atoms with E-state index in [1.54, 1.807) is 0 Å². The summed E-state index contributed by atoms with van der Waals surface area (Å²) in [5.41, 5.74) is 0. The Morgan fingerprint density at radius 2 is 2.33 bits per heavy atom. The molecule has 2 N–H and O–H groups in total. The van der Waals surface area contributed by atoms with Crippen LogP contribution in [0.25, 0.3) is 0 Å². The Hall–Kier alpha value is -0.480. The zero-order valence-corrected chi connectivity index (χ0v) is 6.17. The number of hydroxylamine groups is 2. The van der Waals surface area contributed by atoms with Crippen LogP contribution in [0, 0.1) is 0 Å². The van der Waals surface area contributed by atoms with Crippen molar-refractivity contribution in [3.8, 4) is 0 Å². The predicted molar refractivity (Wildman–Crippen MR) is 36.2 cm³/mol. The van der Waals surface area contributed by atoms with Crippen LogP contribution in [-0.2, 0) is 0 Å². The van der Waals surface area contributed by atoms with Gasteiger partial charge in [-0.15, -0.1) is 0 Å². The molecule has 0 fully saturated rings. The van der Waals surface area contributed by atoms with E-state index >= 15 is 0 Å². The molecule has 3 nitrogen and oxygen atoms in total. The molecular weight excluding hydrogens is 186 g/mol. The summed E-state index contributed by atoms with van der Waals surface area (Å²) < 4.78 is 0.661. The van der Waals surface area contributed by atoms with Gasteiger partial charge in [-0.1, -0.05) is 0 Å². The summed E-state index contributed by atoms with van der Waals surface area (Å²) in [6.07, 6.45) is 3.01. The first-order valence-electron chi connectivity index (χ1n) is 2.41. The third kappa shape index (κ3) is 1.73. The average molecular weight is 192 g/mol. The minimum atomic E-state index is 0.145. The smallest absolute Gasteiger partial charge is 0.115 e. The largest absolute Gasteiger partial charge is 0.510 e. The quantitative estimate of drug-likeness (QED) is 0.609. The van der Waals surface area contributed by atoms with E-state index in [2.05, 4.69) is 15.9 Å². The first-order valence-corrected chi connectivity index (χ1v) is 3.20. The molecular formula is C5H6BrNO2. The molecule has 0 saturated carbocycles. The fourth-order valence-electron chi connectivity index (χ4n) is 0.596. The second kappa shape index (κ2) is 2.41. The monoisotopic (exact) mass is 191 g/mol. The van der Waals surface area contributed by atoms with Gasteiger partial charge in [0.1, 0.15) is 12.3 Å². The number of aliphatic hydroxyl groups is 1. The molecule has 4 heteroatoms. The van der Waals surface area contributed by atoms with Gasteiger partial charge in [0.05, 0.1) is 0 Å². The summed E-state index contributed by atoms with van der Waals surface area (Å²) in [6.45, 7) is 0.162. The third-order valence-corrected chi connectivity index (χ3v) is 1.33. The molecule has 0 aromatic carbocycles. The lowest BCUT2D eigenvalue weighted by molar-refractivity contribution is -0.0408. The van der Waals surface area contributed by atoms with E-state index in [9.17, 15) is 0 Å². The first-order chi connectivity index (χ1) is 4.18. The van der Waals surface area contributed by atoms with Crippen LogP contribution in [0.2, 0.25) is 0 Å². The van der Waals surface area contributed by atoms with E-state index in [1.807, 2.05) is 0 Å². The lowest BCUT2D eigenvalue weighted by atomic mass is 10.3. The highest BCUT2D eigenvalue weighted by molar-refractivity contribution is 9.11. The molecule has 0 radical (unpaired) electrons. The van der Waals surface area contributed by atoms with Gasteiger partial charge in [0, 0.05) is 10.7 Å². The van der Waals surface area contributed by atoms with E-state index < -0.39 is 0 Å². The number of hydrogen-bond acceptors (Lipinski definition) is 3. The van der Waals surface area contributed by atoms with Gasteiger partial charge in [-0.05, 0) is 22.0 Å². The number of rotatable bonds is 0. The van der Waals surface area contributed by atoms with Crippen molar-refractivity contribution in [2.45, 2.75) is 0 Å². The number of hydrogen-bond donors (Lipinski definition) is 2. The maximum absolute atomic E-state index is 8.84. The number of aliphatic hydroxyl groups excluding tert-OH is 1. The Kier molecular flexibility index (Phi) is 1.78. The lowest BCUT2D eigenvalue weighted by Crippen LogP contribution is -2.18. The molecule has 9 heavy (non-hydrogen) atoms. The molecule has 1 aliphatic rings. The van der Waals surface area contributed by atoms with Crippen LogP contribution in [0.4, 0.5) is 0 Å². The van der Waals surface area contributed by atoms with Crippen LogP contribution in [-0.4, -0.2) is 21.9 Å². The minimum absolute atomic E-state index is 0.145. The molecule has 0 amide bonds. The molecule has 50 valence electrons. The second-order valence-corrected chi connectivity index (χ2v) is 2.66. The second-order valence-electron chi connectivity index (χ2n) is 1.75. The van der Waals surface area contributed by atoms with Gasteiger partial charge in [0.15, 0.2) is 0 Å². The third-order valence-electron chi connectivity index (χ3n) is 0.901. The molecule has 0 unspecified atom stereocenters. The van der Waals surface area contributed by atoms with Gasteiger partial charge in [-0.3, -0.25) is 10.3 Å². The van der Waals surface area contributed by atoms with Gasteiger partial charge >= 0.3 is 0 Å². The summed E-state index contributed by atoms with van der Waals surface area (Å²) in [5, 5.41) is 18.5. The summed E-state index contributed by atoms with van der Waals surface area (Å²) in [7, 11) is 0. The standard InChI is InChI=1S/C5H6BrNO2/c6-4-1-5(8)3-7(9)2-4/h1-2,8-9H,3H2. The van der Waals surface area contributed by atoms with Crippen LogP contribution in [0.1, 0.15) is 0 Å². The fraction of sp³-hybridized carbons (Fsp3) is 0.200. The lowest BCUT2D eigenvalue weighted by Gasteiger charge is -2.15. The minimum Gasteiger partial charge on any atom is -0.510 e. The molecule has 0 aromatic rings. The Bertz CT molecular complexity index is 176. The maximum Gasteiger partial charge on any atom is 0.115 e. The Morgan fingerprint density at radius 3 is 2.78 bits per heavy atom. The van der Waals surface area contributed by atoms with Gasteiger partial charge < -0.3 is 5.11 Å². The summed E-state index contributed by atoms with van der Waals surface area (Å²) in [4.78, 5) is 0. The van der Waals surface area contributed by atoms with E-state index in [0.29, 0.717) is 4.48 Å². The Morgan fingerprint density at radius 1 is 1.67 bits per heavy atom. The van der Waals surface area contributed by atoms with Gasteiger partial charge in [0.25, 0.3) is 0 Å². The summed E-state index contributed by atoms with van der Waals surface area (Å²) >= 11 is 3.09. The van der Waals surface area contributed by atoms with Crippen molar-refractivity contribution in [3.05, 3.63) is 22.5 Å².